The first-order valence-electron chi connectivity index (χ1n) is 10.7. The van der Waals surface area contributed by atoms with Gasteiger partial charge in [0.2, 0.25) is 5.95 Å². The van der Waals surface area contributed by atoms with Gasteiger partial charge in [-0.1, -0.05) is 0 Å². The van der Waals surface area contributed by atoms with Crippen LogP contribution in [0.25, 0.3) is 11.3 Å². The van der Waals surface area contributed by atoms with Crippen molar-refractivity contribution in [1.82, 2.24) is 15.0 Å². The lowest BCUT2D eigenvalue weighted by Crippen LogP contribution is -2.52. The SMILES string of the molecule is COC1CN(c2cc(Nc3nccc(-c4ccc(OCC5CC5)c(C#N)c4)n3)ccn2)C1. The Bertz CT molecular complexity index is 1150. The van der Waals surface area contributed by atoms with Crippen molar-refractivity contribution in [3.05, 3.63) is 54.4 Å². The van der Waals surface area contributed by atoms with Gasteiger partial charge < -0.3 is 19.7 Å². The average molecular weight is 428 g/mol. The van der Waals surface area contributed by atoms with Crippen molar-refractivity contribution < 1.29 is 9.47 Å². The molecule has 162 valence electrons. The van der Waals surface area contributed by atoms with Crippen LogP contribution in [0, 0.1) is 17.2 Å². The number of nitrogens with one attached hydrogen (secondary N) is 1. The van der Waals surface area contributed by atoms with Gasteiger partial charge in [-0.15, -0.1) is 0 Å². The maximum absolute atomic E-state index is 9.56. The van der Waals surface area contributed by atoms with Crippen molar-refractivity contribution in [2.24, 2.45) is 5.92 Å². The van der Waals surface area contributed by atoms with Crippen LogP contribution in [0.4, 0.5) is 17.5 Å². The smallest absolute Gasteiger partial charge is 0.227 e. The van der Waals surface area contributed by atoms with Crippen LogP contribution in [0.1, 0.15) is 18.4 Å². The fraction of sp³-hybridized carbons (Fsp3) is 0.333. The Morgan fingerprint density at radius 2 is 1.97 bits per heavy atom. The molecule has 0 radical (unpaired) electrons. The molecule has 2 aliphatic rings. The summed E-state index contributed by atoms with van der Waals surface area (Å²) >= 11 is 0. The molecule has 1 aliphatic heterocycles. The Morgan fingerprint density at radius 3 is 2.75 bits per heavy atom. The topological polar surface area (TPSA) is 96.2 Å². The number of anilines is 3. The van der Waals surface area contributed by atoms with Crippen molar-refractivity contribution in [2.45, 2.75) is 18.9 Å². The van der Waals surface area contributed by atoms with Crippen LogP contribution in [-0.4, -0.2) is 47.9 Å². The van der Waals surface area contributed by atoms with E-state index in [1.54, 1.807) is 19.5 Å². The lowest BCUT2D eigenvalue weighted by atomic mass is 10.1. The predicted molar refractivity (Wildman–Crippen MR) is 121 cm³/mol. The Hall–Kier alpha value is -3.70. The molecule has 32 heavy (non-hydrogen) atoms. The normalized spacial score (nSPS) is 15.7. The van der Waals surface area contributed by atoms with Gasteiger partial charge in [0.1, 0.15) is 17.6 Å². The molecule has 1 aromatic carbocycles. The highest BCUT2D eigenvalue weighted by atomic mass is 16.5. The van der Waals surface area contributed by atoms with E-state index in [4.69, 9.17) is 9.47 Å². The number of aromatic nitrogens is 3. The zero-order valence-electron chi connectivity index (χ0n) is 17.9. The van der Waals surface area contributed by atoms with E-state index in [0.29, 0.717) is 29.8 Å². The Labute approximate surface area is 186 Å². The third-order valence-corrected chi connectivity index (χ3v) is 5.73. The van der Waals surface area contributed by atoms with Gasteiger partial charge in [-0.05, 0) is 49.1 Å². The Kier molecular flexibility index (Phi) is 5.57. The number of hydrogen-bond acceptors (Lipinski definition) is 8. The predicted octanol–water partition coefficient (Wildman–Crippen LogP) is 3.78. The minimum atomic E-state index is 0.261. The van der Waals surface area contributed by atoms with E-state index in [0.717, 1.165) is 35.9 Å². The molecular weight excluding hydrogens is 404 g/mol. The molecule has 2 fully saturated rings. The fourth-order valence-corrected chi connectivity index (χ4v) is 3.55. The highest BCUT2D eigenvalue weighted by Gasteiger charge is 2.27. The van der Waals surface area contributed by atoms with E-state index in [-0.39, 0.29) is 6.10 Å². The molecule has 0 bridgehead atoms. The van der Waals surface area contributed by atoms with Crippen LogP contribution in [0.15, 0.2) is 48.8 Å². The third-order valence-electron chi connectivity index (χ3n) is 5.73. The van der Waals surface area contributed by atoms with Crippen LogP contribution < -0.4 is 15.0 Å². The fourth-order valence-electron chi connectivity index (χ4n) is 3.55. The summed E-state index contributed by atoms with van der Waals surface area (Å²) in [5.41, 5.74) is 2.94. The second-order valence-corrected chi connectivity index (χ2v) is 8.13. The van der Waals surface area contributed by atoms with Gasteiger partial charge in [0, 0.05) is 49.9 Å². The van der Waals surface area contributed by atoms with E-state index in [1.807, 2.05) is 36.4 Å². The third kappa shape index (κ3) is 4.48. The molecule has 2 aromatic heterocycles. The number of hydrogen-bond donors (Lipinski definition) is 1. The summed E-state index contributed by atoms with van der Waals surface area (Å²) in [5.74, 6) is 2.62. The molecule has 8 nitrogen and oxygen atoms in total. The van der Waals surface area contributed by atoms with E-state index in [1.165, 1.54) is 12.8 Å². The van der Waals surface area contributed by atoms with Crippen LogP contribution in [0.5, 0.6) is 5.75 Å². The summed E-state index contributed by atoms with van der Waals surface area (Å²) in [6.45, 7) is 2.34. The van der Waals surface area contributed by atoms with Crippen LogP contribution >= 0.6 is 0 Å². The highest BCUT2D eigenvalue weighted by Crippen LogP contribution is 2.32. The molecule has 1 aliphatic carbocycles. The Balaban J connectivity index is 1.31. The van der Waals surface area contributed by atoms with Crippen molar-refractivity contribution in [3.63, 3.8) is 0 Å². The number of ether oxygens (including phenoxy) is 2. The molecule has 1 N–H and O–H groups in total. The molecule has 1 saturated heterocycles. The van der Waals surface area contributed by atoms with E-state index >= 15 is 0 Å². The summed E-state index contributed by atoms with van der Waals surface area (Å²) in [7, 11) is 1.73. The molecule has 1 saturated carbocycles. The lowest BCUT2D eigenvalue weighted by molar-refractivity contribution is 0.0783. The van der Waals surface area contributed by atoms with Gasteiger partial charge >= 0.3 is 0 Å². The first-order chi connectivity index (χ1) is 15.7. The number of methoxy groups -OCH3 is 1. The van der Waals surface area contributed by atoms with Gasteiger partial charge in [-0.3, -0.25) is 0 Å². The molecular formula is C24H24N6O2. The maximum atomic E-state index is 9.56. The molecule has 3 heterocycles. The van der Waals surface area contributed by atoms with Gasteiger partial charge in [0.15, 0.2) is 0 Å². The average Bonchev–Trinajstić information content (AvgIpc) is 3.62. The van der Waals surface area contributed by atoms with Crippen molar-refractivity contribution in [2.75, 3.05) is 37.0 Å². The summed E-state index contributed by atoms with van der Waals surface area (Å²) in [6, 6.07) is 13.5. The van der Waals surface area contributed by atoms with Gasteiger partial charge in [0.05, 0.1) is 24.0 Å². The molecule has 0 atom stereocenters. The van der Waals surface area contributed by atoms with Crippen molar-refractivity contribution in [3.8, 4) is 23.1 Å². The van der Waals surface area contributed by atoms with Crippen LogP contribution in [-0.2, 0) is 4.74 Å². The van der Waals surface area contributed by atoms with Gasteiger partial charge in [0.25, 0.3) is 0 Å². The quantitative estimate of drug-likeness (QED) is 0.579. The summed E-state index contributed by atoms with van der Waals surface area (Å²) in [6.07, 6.45) is 6.15. The van der Waals surface area contributed by atoms with E-state index in [2.05, 4.69) is 31.2 Å². The highest BCUT2D eigenvalue weighted by molar-refractivity contribution is 5.66. The largest absolute Gasteiger partial charge is 0.492 e. The number of benzene rings is 1. The number of nitriles is 1. The van der Waals surface area contributed by atoms with Crippen LogP contribution in [0.2, 0.25) is 0 Å². The standard InChI is InChI=1S/C24H24N6O2/c1-31-20-13-30(14-20)23-11-19(6-8-26-23)28-24-27-9-7-21(29-24)17-4-5-22(18(10-17)12-25)32-15-16-2-3-16/h4-11,16,20H,2-3,13-15H2,1H3,(H,26,27,28,29). The molecule has 0 unspecified atom stereocenters. The minimum absolute atomic E-state index is 0.261. The van der Waals surface area contributed by atoms with Crippen LogP contribution in [0.3, 0.4) is 0 Å². The Morgan fingerprint density at radius 1 is 1.12 bits per heavy atom. The summed E-state index contributed by atoms with van der Waals surface area (Å²) < 4.78 is 11.2. The summed E-state index contributed by atoms with van der Waals surface area (Å²) in [5, 5.41) is 12.8. The minimum Gasteiger partial charge on any atom is -0.492 e. The molecule has 0 amide bonds. The van der Waals surface area contributed by atoms with Crippen molar-refractivity contribution >= 4 is 17.5 Å². The number of rotatable bonds is 8. The van der Waals surface area contributed by atoms with Gasteiger partial charge in [-0.2, -0.15) is 5.26 Å². The first kappa shape index (κ1) is 20.2. The van der Waals surface area contributed by atoms with E-state index < -0.39 is 0 Å². The van der Waals surface area contributed by atoms with Crippen molar-refractivity contribution in [1.29, 1.82) is 5.26 Å². The number of nitrogens with zero attached hydrogens (tertiary/aromatic N) is 5. The lowest BCUT2D eigenvalue weighted by Gasteiger charge is -2.39. The maximum Gasteiger partial charge on any atom is 0.227 e. The zero-order chi connectivity index (χ0) is 21.9. The number of pyridine rings is 1. The molecule has 0 spiro atoms. The zero-order valence-corrected chi connectivity index (χ0v) is 17.9. The molecule has 3 aromatic rings. The van der Waals surface area contributed by atoms with Gasteiger partial charge in [-0.25, -0.2) is 15.0 Å². The second kappa shape index (κ2) is 8.81. The summed E-state index contributed by atoms with van der Waals surface area (Å²) in [4.78, 5) is 15.6. The first-order valence-corrected chi connectivity index (χ1v) is 10.7. The molecule has 5 rings (SSSR count). The van der Waals surface area contributed by atoms with E-state index in [9.17, 15) is 5.26 Å². The second-order valence-electron chi connectivity index (χ2n) is 8.13. The molecule has 8 heteroatoms. The monoisotopic (exact) mass is 428 g/mol.